The molecule has 2 saturated heterocycles. The number of carbonyl (C=O) groups is 1. The number of nitrogens with zero attached hydrogens (tertiary/aromatic N) is 1. The van der Waals surface area contributed by atoms with Crippen molar-refractivity contribution in [1.82, 2.24) is 15.5 Å². The maximum Gasteiger partial charge on any atom is 0.221 e. The minimum Gasteiger partial charge on any atom is -0.378 e. The first-order valence-corrected chi connectivity index (χ1v) is 8.64. The van der Waals surface area contributed by atoms with Gasteiger partial charge in [-0.2, -0.15) is 11.8 Å². The minimum absolute atomic E-state index is 0.0740. The van der Waals surface area contributed by atoms with Crippen molar-refractivity contribution in [3.63, 3.8) is 0 Å². The van der Waals surface area contributed by atoms with Gasteiger partial charge in [0.05, 0.1) is 13.2 Å². The highest BCUT2D eigenvalue weighted by Crippen LogP contribution is 2.17. The molecular weight excluding hydrogens is 274 g/mol. The number of nitrogens with one attached hydrogen (secondary N) is 2. The Kier molecular flexibility index (Phi) is 6.14. The van der Waals surface area contributed by atoms with E-state index in [0.717, 1.165) is 50.9 Å². The monoisotopic (exact) mass is 301 g/mol. The van der Waals surface area contributed by atoms with Crippen LogP contribution in [0.3, 0.4) is 0 Å². The van der Waals surface area contributed by atoms with Crippen LogP contribution in [0.1, 0.15) is 20.3 Å². The second-order valence-electron chi connectivity index (χ2n) is 6.13. The van der Waals surface area contributed by atoms with Gasteiger partial charge in [0.15, 0.2) is 0 Å². The third kappa shape index (κ3) is 4.91. The number of amides is 1. The van der Waals surface area contributed by atoms with Crippen LogP contribution in [0.25, 0.3) is 0 Å². The topological polar surface area (TPSA) is 53.6 Å². The number of rotatable bonds is 5. The summed E-state index contributed by atoms with van der Waals surface area (Å²) in [7, 11) is 0. The molecule has 2 heterocycles. The van der Waals surface area contributed by atoms with Gasteiger partial charge in [0.1, 0.15) is 0 Å². The van der Waals surface area contributed by atoms with Crippen LogP contribution in [0.5, 0.6) is 0 Å². The Morgan fingerprint density at radius 2 is 2.40 bits per heavy atom. The number of thioether (sulfide) groups is 1. The van der Waals surface area contributed by atoms with Crippen LogP contribution in [0.2, 0.25) is 0 Å². The van der Waals surface area contributed by atoms with E-state index in [1.54, 1.807) is 0 Å². The molecule has 0 aromatic carbocycles. The summed E-state index contributed by atoms with van der Waals surface area (Å²) in [5, 5.41) is 6.44. The van der Waals surface area contributed by atoms with Crippen LogP contribution in [0.4, 0.5) is 0 Å². The summed E-state index contributed by atoms with van der Waals surface area (Å²) in [6.45, 7) is 9.53. The average molecular weight is 301 g/mol. The summed E-state index contributed by atoms with van der Waals surface area (Å²) >= 11 is 1.93. The van der Waals surface area contributed by atoms with Crippen molar-refractivity contribution in [3.8, 4) is 0 Å². The molecule has 2 N–H and O–H groups in total. The Hall–Kier alpha value is -0.300. The van der Waals surface area contributed by atoms with E-state index in [4.69, 9.17) is 4.74 Å². The lowest BCUT2D eigenvalue weighted by atomic mass is 10.0. The molecule has 0 saturated carbocycles. The van der Waals surface area contributed by atoms with E-state index < -0.39 is 0 Å². The Bertz CT molecular complexity index is 320. The van der Waals surface area contributed by atoms with Crippen LogP contribution < -0.4 is 10.6 Å². The minimum atomic E-state index is 0.0740. The van der Waals surface area contributed by atoms with E-state index in [0.29, 0.717) is 12.5 Å². The maximum absolute atomic E-state index is 11.9. The Morgan fingerprint density at radius 3 is 3.10 bits per heavy atom. The van der Waals surface area contributed by atoms with Gasteiger partial charge >= 0.3 is 0 Å². The van der Waals surface area contributed by atoms with Crippen LogP contribution in [0, 0.1) is 0 Å². The molecule has 2 fully saturated rings. The van der Waals surface area contributed by atoms with Gasteiger partial charge in [-0.3, -0.25) is 9.69 Å². The molecule has 0 aliphatic carbocycles. The quantitative estimate of drug-likeness (QED) is 0.765. The molecule has 20 heavy (non-hydrogen) atoms. The van der Waals surface area contributed by atoms with Crippen molar-refractivity contribution >= 4 is 17.7 Å². The largest absolute Gasteiger partial charge is 0.378 e. The molecule has 2 aliphatic rings. The molecule has 0 bridgehead atoms. The van der Waals surface area contributed by atoms with Crippen molar-refractivity contribution in [2.24, 2.45) is 0 Å². The molecule has 116 valence electrons. The fraction of sp³-hybridized carbons (Fsp3) is 0.929. The van der Waals surface area contributed by atoms with Gasteiger partial charge in [0.25, 0.3) is 0 Å². The van der Waals surface area contributed by atoms with Crippen LogP contribution in [0.15, 0.2) is 0 Å². The van der Waals surface area contributed by atoms with E-state index >= 15 is 0 Å². The summed E-state index contributed by atoms with van der Waals surface area (Å²) in [6.07, 6.45) is 0.597. The number of morpholine rings is 1. The van der Waals surface area contributed by atoms with Gasteiger partial charge < -0.3 is 15.4 Å². The summed E-state index contributed by atoms with van der Waals surface area (Å²) in [5.41, 5.74) is 0.0740. The van der Waals surface area contributed by atoms with Crippen LogP contribution >= 0.6 is 11.8 Å². The van der Waals surface area contributed by atoms with Gasteiger partial charge in [-0.25, -0.2) is 0 Å². The second kappa shape index (κ2) is 7.64. The highest BCUT2D eigenvalue weighted by molar-refractivity contribution is 7.99. The molecule has 0 radical (unpaired) electrons. The number of hydrogen-bond acceptors (Lipinski definition) is 5. The fourth-order valence-corrected chi connectivity index (χ4v) is 3.63. The molecule has 5 nitrogen and oxygen atoms in total. The first-order chi connectivity index (χ1) is 9.58. The second-order valence-corrected chi connectivity index (χ2v) is 7.28. The zero-order chi connectivity index (χ0) is 14.4. The van der Waals surface area contributed by atoms with Crippen molar-refractivity contribution in [2.45, 2.75) is 31.8 Å². The Labute approximate surface area is 126 Å². The van der Waals surface area contributed by atoms with E-state index in [1.165, 1.54) is 0 Å². The molecular formula is C14H27N3O2S. The van der Waals surface area contributed by atoms with E-state index in [1.807, 2.05) is 11.8 Å². The number of carbonyl (C=O) groups excluding carboxylic acids is 1. The van der Waals surface area contributed by atoms with Gasteiger partial charge in [0, 0.05) is 55.7 Å². The fourth-order valence-electron chi connectivity index (χ4n) is 2.68. The van der Waals surface area contributed by atoms with Crippen LogP contribution in [-0.4, -0.2) is 73.3 Å². The lowest BCUT2D eigenvalue weighted by Gasteiger charge is -2.42. The van der Waals surface area contributed by atoms with Crippen molar-refractivity contribution in [3.05, 3.63) is 0 Å². The zero-order valence-electron chi connectivity index (χ0n) is 12.6. The highest BCUT2D eigenvalue weighted by Gasteiger charge is 2.29. The number of hydrogen-bond donors (Lipinski definition) is 2. The SMILES string of the molecule is CC1(C)COCCN1CCNC(=O)CC1CSCCN1. The van der Waals surface area contributed by atoms with E-state index in [-0.39, 0.29) is 11.4 Å². The highest BCUT2D eigenvalue weighted by atomic mass is 32.2. The van der Waals surface area contributed by atoms with Gasteiger partial charge in [0.2, 0.25) is 5.91 Å². The summed E-state index contributed by atoms with van der Waals surface area (Å²) < 4.78 is 5.50. The molecule has 1 unspecified atom stereocenters. The predicted molar refractivity (Wildman–Crippen MR) is 83.2 cm³/mol. The molecule has 1 atom stereocenters. The maximum atomic E-state index is 11.9. The third-order valence-electron chi connectivity index (χ3n) is 3.95. The molecule has 0 aromatic heterocycles. The molecule has 6 heteroatoms. The smallest absolute Gasteiger partial charge is 0.221 e. The molecule has 1 amide bonds. The number of ether oxygens (including phenoxy) is 1. The Morgan fingerprint density at radius 1 is 1.55 bits per heavy atom. The zero-order valence-corrected chi connectivity index (χ0v) is 13.4. The molecule has 2 aliphatic heterocycles. The van der Waals surface area contributed by atoms with Crippen molar-refractivity contribution in [1.29, 1.82) is 0 Å². The van der Waals surface area contributed by atoms with Gasteiger partial charge in [-0.15, -0.1) is 0 Å². The third-order valence-corrected chi connectivity index (χ3v) is 5.08. The Balaban J connectivity index is 1.63. The van der Waals surface area contributed by atoms with Crippen LogP contribution in [-0.2, 0) is 9.53 Å². The van der Waals surface area contributed by atoms with Gasteiger partial charge in [-0.1, -0.05) is 0 Å². The first-order valence-electron chi connectivity index (χ1n) is 7.48. The first kappa shape index (κ1) is 16.1. The van der Waals surface area contributed by atoms with Gasteiger partial charge in [-0.05, 0) is 13.8 Å². The van der Waals surface area contributed by atoms with E-state index in [2.05, 4.69) is 29.4 Å². The van der Waals surface area contributed by atoms with Crippen molar-refractivity contribution < 1.29 is 9.53 Å². The molecule has 0 aromatic rings. The molecule has 0 spiro atoms. The summed E-state index contributed by atoms with van der Waals surface area (Å²) in [5.74, 6) is 2.37. The average Bonchev–Trinajstić information content (AvgIpc) is 2.41. The summed E-state index contributed by atoms with van der Waals surface area (Å²) in [6, 6.07) is 0.341. The van der Waals surface area contributed by atoms with Crippen molar-refractivity contribution in [2.75, 3.05) is 50.9 Å². The lowest BCUT2D eigenvalue weighted by molar-refractivity contribution is -0.121. The normalized spacial score (nSPS) is 27.2. The van der Waals surface area contributed by atoms with E-state index in [9.17, 15) is 4.79 Å². The standard InChI is InChI=1S/C14H27N3O2S/c1-14(2)11-19-7-6-17(14)5-3-16-13(18)9-12-10-20-8-4-15-12/h12,15H,3-11H2,1-2H3,(H,16,18). The lowest BCUT2D eigenvalue weighted by Crippen LogP contribution is -2.54. The summed E-state index contributed by atoms with van der Waals surface area (Å²) in [4.78, 5) is 14.3. The predicted octanol–water partition coefficient (Wildman–Crippen LogP) is 0.309. The molecule has 2 rings (SSSR count).